The van der Waals surface area contributed by atoms with Gasteiger partial charge in [0.05, 0.1) is 11.9 Å². The maximum atomic E-state index is 4.58. The normalized spacial score (nSPS) is 11.2. The monoisotopic (exact) mass is 325 g/mol. The molecule has 2 aromatic carbocycles. The van der Waals surface area contributed by atoms with Gasteiger partial charge >= 0.3 is 0 Å². The lowest BCUT2D eigenvalue weighted by Gasteiger charge is -2.08. The van der Waals surface area contributed by atoms with Crippen LogP contribution in [0.25, 0.3) is 27.8 Å². The Morgan fingerprint density at radius 2 is 1.88 bits per heavy atom. The summed E-state index contributed by atoms with van der Waals surface area (Å²) in [5.41, 5.74) is 5.07. The van der Waals surface area contributed by atoms with Crippen LogP contribution in [-0.2, 0) is 0 Å². The van der Waals surface area contributed by atoms with Crippen molar-refractivity contribution in [2.24, 2.45) is 0 Å². The molecule has 5 nitrogen and oxygen atoms in total. The lowest BCUT2D eigenvalue weighted by Crippen LogP contribution is -1.98. The van der Waals surface area contributed by atoms with Crippen LogP contribution in [-0.4, -0.2) is 19.4 Å². The third-order valence-corrected chi connectivity index (χ3v) is 4.31. The molecule has 0 fully saturated rings. The minimum Gasteiger partial charge on any atom is -0.361 e. The van der Waals surface area contributed by atoms with Crippen molar-refractivity contribution in [3.8, 4) is 11.3 Å². The van der Waals surface area contributed by atoms with Crippen LogP contribution in [0, 0.1) is 0 Å². The SMILES string of the molecule is c1ccc(-c2cnc3c(Nc4ccc5[nH]ccc5c4)nccn23)cc1. The smallest absolute Gasteiger partial charge is 0.180 e. The van der Waals surface area contributed by atoms with Crippen LogP contribution in [0.1, 0.15) is 0 Å². The first-order valence-corrected chi connectivity index (χ1v) is 8.10. The van der Waals surface area contributed by atoms with E-state index in [1.165, 1.54) is 0 Å². The van der Waals surface area contributed by atoms with Crippen LogP contribution in [0.15, 0.2) is 79.4 Å². The Hall–Kier alpha value is -3.60. The predicted octanol–water partition coefficient (Wildman–Crippen LogP) is 4.62. The molecule has 0 aliphatic carbocycles. The minimum atomic E-state index is 0.736. The van der Waals surface area contributed by atoms with E-state index in [2.05, 4.69) is 55.0 Å². The Balaban J connectivity index is 1.58. The summed E-state index contributed by atoms with van der Waals surface area (Å²) in [6.45, 7) is 0. The summed E-state index contributed by atoms with van der Waals surface area (Å²) in [5, 5.41) is 4.54. The number of hydrogen-bond acceptors (Lipinski definition) is 3. The van der Waals surface area contributed by atoms with E-state index in [9.17, 15) is 0 Å². The van der Waals surface area contributed by atoms with Crippen LogP contribution < -0.4 is 5.32 Å². The molecular weight excluding hydrogens is 310 g/mol. The van der Waals surface area contributed by atoms with Crippen LogP contribution in [0.3, 0.4) is 0 Å². The topological polar surface area (TPSA) is 58.0 Å². The third kappa shape index (κ3) is 2.33. The highest BCUT2D eigenvalue weighted by molar-refractivity contribution is 5.85. The van der Waals surface area contributed by atoms with Crippen LogP contribution in [0.5, 0.6) is 0 Å². The number of rotatable bonds is 3. The molecule has 0 bridgehead atoms. The van der Waals surface area contributed by atoms with Crippen molar-refractivity contribution < 1.29 is 0 Å². The highest BCUT2D eigenvalue weighted by atomic mass is 15.1. The van der Waals surface area contributed by atoms with Gasteiger partial charge in [0.25, 0.3) is 0 Å². The first-order chi connectivity index (χ1) is 12.4. The molecule has 120 valence electrons. The molecule has 5 rings (SSSR count). The molecule has 3 aromatic heterocycles. The number of nitrogens with zero attached hydrogens (tertiary/aromatic N) is 3. The van der Waals surface area contributed by atoms with Crippen LogP contribution in [0.2, 0.25) is 0 Å². The van der Waals surface area contributed by atoms with Crippen molar-refractivity contribution in [2.45, 2.75) is 0 Å². The largest absolute Gasteiger partial charge is 0.361 e. The highest BCUT2D eigenvalue weighted by Gasteiger charge is 2.10. The number of aromatic amines is 1. The second-order valence-electron chi connectivity index (χ2n) is 5.88. The van der Waals surface area contributed by atoms with Crippen molar-refractivity contribution in [3.63, 3.8) is 0 Å². The predicted molar refractivity (Wildman–Crippen MR) is 100 cm³/mol. The Morgan fingerprint density at radius 3 is 2.80 bits per heavy atom. The molecule has 0 unspecified atom stereocenters. The van der Waals surface area contributed by atoms with Crippen LogP contribution in [0.4, 0.5) is 11.5 Å². The summed E-state index contributed by atoms with van der Waals surface area (Å²) in [4.78, 5) is 12.3. The number of nitrogens with one attached hydrogen (secondary N) is 2. The molecule has 5 aromatic rings. The molecule has 0 saturated carbocycles. The molecule has 0 amide bonds. The van der Waals surface area contributed by atoms with Gasteiger partial charge in [-0.25, -0.2) is 9.97 Å². The Kier molecular flexibility index (Phi) is 3.03. The Bertz CT molecular complexity index is 1170. The van der Waals surface area contributed by atoms with Gasteiger partial charge in [-0.1, -0.05) is 30.3 Å². The third-order valence-electron chi connectivity index (χ3n) is 4.31. The summed E-state index contributed by atoms with van der Waals surface area (Å²) >= 11 is 0. The van der Waals surface area contributed by atoms with E-state index < -0.39 is 0 Å². The van der Waals surface area contributed by atoms with Crippen LogP contribution >= 0.6 is 0 Å². The Morgan fingerprint density at radius 1 is 0.960 bits per heavy atom. The van der Waals surface area contributed by atoms with E-state index >= 15 is 0 Å². The van der Waals surface area contributed by atoms with Gasteiger partial charge in [0.1, 0.15) is 0 Å². The number of imidazole rings is 1. The zero-order valence-electron chi connectivity index (χ0n) is 13.3. The van der Waals surface area contributed by atoms with Crippen molar-refractivity contribution in [3.05, 3.63) is 79.4 Å². The summed E-state index contributed by atoms with van der Waals surface area (Å²) in [7, 11) is 0. The number of aromatic nitrogens is 4. The van der Waals surface area contributed by atoms with Gasteiger partial charge in [0, 0.05) is 40.7 Å². The average Bonchev–Trinajstić information content (AvgIpc) is 3.29. The summed E-state index contributed by atoms with van der Waals surface area (Å²) < 4.78 is 2.06. The van der Waals surface area contributed by atoms with E-state index in [0.717, 1.165) is 39.3 Å². The van der Waals surface area contributed by atoms with Gasteiger partial charge in [0.2, 0.25) is 0 Å². The van der Waals surface area contributed by atoms with Crippen molar-refractivity contribution in [2.75, 3.05) is 5.32 Å². The molecule has 5 heteroatoms. The molecule has 0 spiro atoms. The Labute approximate surface area is 144 Å². The zero-order valence-corrected chi connectivity index (χ0v) is 13.3. The molecule has 2 N–H and O–H groups in total. The standard InChI is InChI=1S/C20H15N5/c1-2-4-14(5-3-1)18-13-23-20-19(22-10-11-25(18)20)24-16-6-7-17-15(12-16)8-9-21-17/h1-13,21H,(H,22,24). The summed E-state index contributed by atoms with van der Waals surface area (Å²) in [6.07, 6.45) is 7.55. The molecule has 0 atom stereocenters. The fourth-order valence-corrected chi connectivity index (χ4v) is 3.10. The fourth-order valence-electron chi connectivity index (χ4n) is 3.10. The number of anilines is 2. The van der Waals surface area contributed by atoms with Gasteiger partial charge in [-0.15, -0.1) is 0 Å². The minimum absolute atomic E-state index is 0.736. The van der Waals surface area contributed by atoms with Gasteiger partial charge in [-0.2, -0.15) is 0 Å². The molecule has 3 heterocycles. The molecule has 0 aliphatic rings. The number of H-pyrrole nitrogens is 1. The summed E-state index contributed by atoms with van der Waals surface area (Å²) in [5.74, 6) is 0.736. The van der Waals surface area contributed by atoms with Crippen molar-refractivity contribution in [1.29, 1.82) is 0 Å². The molecule has 0 aliphatic heterocycles. The first kappa shape index (κ1) is 13.8. The van der Waals surface area contributed by atoms with E-state index in [-0.39, 0.29) is 0 Å². The maximum absolute atomic E-state index is 4.58. The average molecular weight is 325 g/mol. The molecule has 0 radical (unpaired) electrons. The molecular formula is C20H15N5. The van der Waals surface area contributed by atoms with E-state index in [4.69, 9.17) is 0 Å². The van der Waals surface area contributed by atoms with E-state index in [0.29, 0.717) is 0 Å². The number of hydrogen-bond donors (Lipinski definition) is 2. The lowest BCUT2D eigenvalue weighted by molar-refractivity contribution is 1.13. The quantitative estimate of drug-likeness (QED) is 0.509. The highest BCUT2D eigenvalue weighted by Crippen LogP contribution is 2.26. The second kappa shape index (κ2) is 5.49. The van der Waals surface area contributed by atoms with Gasteiger partial charge < -0.3 is 10.3 Å². The second-order valence-corrected chi connectivity index (χ2v) is 5.88. The number of fused-ring (bicyclic) bond motifs is 2. The van der Waals surface area contributed by atoms with Gasteiger partial charge in [-0.3, -0.25) is 4.40 Å². The van der Waals surface area contributed by atoms with Gasteiger partial charge in [-0.05, 0) is 24.3 Å². The first-order valence-electron chi connectivity index (χ1n) is 8.10. The molecule has 25 heavy (non-hydrogen) atoms. The van der Waals surface area contributed by atoms with Crippen molar-refractivity contribution >= 4 is 28.1 Å². The van der Waals surface area contributed by atoms with E-state index in [1.807, 2.05) is 42.9 Å². The van der Waals surface area contributed by atoms with Gasteiger partial charge in [0.15, 0.2) is 11.5 Å². The van der Waals surface area contributed by atoms with Crippen molar-refractivity contribution in [1.82, 2.24) is 19.4 Å². The zero-order chi connectivity index (χ0) is 16.6. The summed E-state index contributed by atoms with van der Waals surface area (Å²) in [6, 6.07) is 18.5. The fraction of sp³-hybridized carbons (Fsp3) is 0. The maximum Gasteiger partial charge on any atom is 0.180 e. The molecule has 0 saturated heterocycles. The van der Waals surface area contributed by atoms with E-state index in [1.54, 1.807) is 6.20 Å². The number of benzene rings is 2. The lowest BCUT2D eigenvalue weighted by atomic mass is 10.2.